The van der Waals surface area contributed by atoms with Crippen molar-refractivity contribution in [3.05, 3.63) is 64.7 Å². The molecule has 27 heavy (non-hydrogen) atoms. The standard InChI is InChI=1S/C21H23N3O3/c1-15-7-8-19(16(2)11-15)23-20(25)12-22-27-14-21(26)24-10-9-17-5-3-4-6-18(17)13-24/h3-8,11-12H,9-10,13-14H2,1-2H3,(H,23,25)/b22-12-. The van der Waals surface area contributed by atoms with E-state index in [1.807, 2.05) is 50.2 Å². The minimum Gasteiger partial charge on any atom is -0.386 e. The van der Waals surface area contributed by atoms with Crippen molar-refractivity contribution in [2.75, 3.05) is 18.5 Å². The van der Waals surface area contributed by atoms with Crippen molar-refractivity contribution in [2.45, 2.75) is 26.8 Å². The molecule has 0 spiro atoms. The van der Waals surface area contributed by atoms with Gasteiger partial charge in [-0.2, -0.15) is 0 Å². The Bertz CT molecular complexity index is 877. The van der Waals surface area contributed by atoms with Crippen molar-refractivity contribution in [1.29, 1.82) is 0 Å². The monoisotopic (exact) mass is 365 g/mol. The molecule has 2 aromatic carbocycles. The van der Waals surface area contributed by atoms with Crippen molar-refractivity contribution in [3.63, 3.8) is 0 Å². The Morgan fingerprint density at radius 2 is 1.96 bits per heavy atom. The normalized spacial score (nSPS) is 13.3. The molecule has 140 valence electrons. The maximum atomic E-state index is 12.2. The Morgan fingerprint density at radius 3 is 2.74 bits per heavy atom. The van der Waals surface area contributed by atoms with Gasteiger partial charge in [0.25, 0.3) is 11.8 Å². The van der Waals surface area contributed by atoms with Crippen LogP contribution in [0.2, 0.25) is 0 Å². The third kappa shape index (κ3) is 4.94. The second-order valence-electron chi connectivity index (χ2n) is 6.65. The van der Waals surface area contributed by atoms with Crippen LogP contribution in [0.15, 0.2) is 47.6 Å². The lowest BCUT2D eigenvalue weighted by Gasteiger charge is -2.28. The highest BCUT2D eigenvalue weighted by Crippen LogP contribution is 2.18. The van der Waals surface area contributed by atoms with Gasteiger partial charge in [-0.1, -0.05) is 47.1 Å². The van der Waals surface area contributed by atoms with Crippen LogP contribution in [-0.2, 0) is 27.4 Å². The Hall–Kier alpha value is -3.15. The summed E-state index contributed by atoms with van der Waals surface area (Å²) >= 11 is 0. The number of hydrogen-bond donors (Lipinski definition) is 1. The van der Waals surface area contributed by atoms with E-state index < -0.39 is 5.91 Å². The van der Waals surface area contributed by atoms with E-state index in [2.05, 4.69) is 16.5 Å². The predicted octanol–water partition coefficient (Wildman–Crippen LogP) is 2.83. The smallest absolute Gasteiger partial charge is 0.270 e. The van der Waals surface area contributed by atoms with E-state index in [1.54, 1.807) is 4.90 Å². The summed E-state index contributed by atoms with van der Waals surface area (Å²) in [5, 5.41) is 6.35. The van der Waals surface area contributed by atoms with Gasteiger partial charge in [-0.25, -0.2) is 0 Å². The number of nitrogens with one attached hydrogen (secondary N) is 1. The van der Waals surface area contributed by atoms with Crippen LogP contribution in [0.25, 0.3) is 0 Å². The summed E-state index contributed by atoms with van der Waals surface area (Å²) < 4.78 is 0. The molecule has 3 rings (SSSR count). The molecule has 1 N–H and O–H groups in total. The largest absolute Gasteiger partial charge is 0.386 e. The number of carbonyl (C=O) groups is 2. The first-order valence-corrected chi connectivity index (χ1v) is 8.91. The first-order valence-electron chi connectivity index (χ1n) is 8.91. The highest BCUT2D eigenvalue weighted by atomic mass is 16.6. The number of benzene rings is 2. The quantitative estimate of drug-likeness (QED) is 0.654. The molecular formula is C21H23N3O3. The first kappa shape index (κ1) is 18.6. The summed E-state index contributed by atoms with van der Waals surface area (Å²) in [6.45, 7) is 4.97. The first-order chi connectivity index (χ1) is 13.0. The van der Waals surface area contributed by atoms with Crippen LogP contribution in [0.4, 0.5) is 5.69 Å². The fraction of sp³-hybridized carbons (Fsp3) is 0.286. The zero-order valence-corrected chi connectivity index (χ0v) is 15.6. The minimum atomic E-state index is -0.402. The van der Waals surface area contributed by atoms with Gasteiger partial charge in [-0.15, -0.1) is 0 Å². The van der Waals surface area contributed by atoms with Crippen LogP contribution in [0, 0.1) is 13.8 Å². The van der Waals surface area contributed by atoms with Gasteiger partial charge in [0, 0.05) is 18.8 Å². The number of anilines is 1. The number of rotatable bonds is 5. The molecule has 0 saturated carbocycles. The number of amides is 2. The Balaban J connectivity index is 1.45. The molecule has 6 heteroatoms. The molecule has 1 aliphatic heterocycles. The average Bonchev–Trinajstić information content (AvgIpc) is 2.67. The second-order valence-corrected chi connectivity index (χ2v) is 6.65. The number of nitrogens with zero attached hydrogens (tertiary/aromatic N) is 2. The highest BCUT2D eigenvalue weighted by Gasteiger charge is 2.20. The lowest BCUT2D eigenvalue weighted by atomic mass is 10.00. The number of aryl methyl sites for hydroxylation is 2. The summed E-state index contributed by atoms with van der Waals surface area (Å²) in [5.41, 5.74) is 5.26. The van der Waals surface area contributed by atoms with Gasteiger partial charge in [-0.05, 0) is 43.0 Å². The highest BCUT2D eigenvalue weighted by molar-refractivity contribution is 6.31. The molecule has 6 nitrogen and oxygen atoms in total. The minimum absolute atomic E-state index is 0.142. The van der Waals surface area contributed by atoms with E-state index >= 15 is 0 Å². The third-order valence-electron chi connectivity index (χ3n) is 4.56. The number of oxime groups is 1. The molecule has 0 fully saturated rings. The fourth-order valence-electron chi connectivity index (χ4n) is 3.10. The molecule has 0 bridgehead atoms. The molecule has 2 aromatic rings. The molecule has 2 amide bonds. The molecular weight excluding hydrogens is 342 g/mol. The van der Waals surface area contributed by atoms with E-state index in [1.165, 1.54) is 5.56 Å². The van der Waals surface area contributed by atoms with E-state index in [0.717, 1.165) is 35.0 Å². The number of hydrogen-bond acceptors (Lipinski definition) is 4. The predicted molar refractivity (Wildman–Crippen MR) is 105 cm³/mol. The topological polar surface area (TPSA) is 71.0 Å². The molecule has 1 heterocycles. The zero-order chi connectivity index (χ0) is 19.2. The summed E-state index contributed by atoms with van der Waals surface area (Å²) in [6.07, 6.45) is 1.88. The Kier molecular flexibility index (Phi) is 5.86. The number of carbonyl (C=O) groups excluding carboxylic acids is 2. The summed E-state index contributed by atoms with van der Waals surface area (Å²) in [6, 6.07) is 13.9. The lowest BCUT2D eigenvalue weighted by molar-refractivity contribution is -0.137. The van der Waals surface area contributed by atoms with E-state index in [-0.39, 0.29) is 12.5 Å². The molecule has 0 radical (unpaired) electrons. The van der Waals surface area contributed by atoms with Gasteiger partial charge < -0.3 is 15.1 Å². The Morgan fingerprint density at radius 1 is 1.19 bits per heavy atom. The molecule has 0 aliphatic carbocycles. The Labute approximate surface area is 158 Å². The number of fused-ring (bicyclic) bond motifs is 1. The summed E-state index contributed by atoms with van der Waals surface area (Å²) in [5.74, 6) is -0.544. The van der Waals surface area contributed by atoms with Crippen LogP contribution in [0.5, 0.6) is 0 Å². The lowest BCUT2D eigenvalue weighted by Crippen LogP contribution is -2.37. The average molecular weight is 365 g/mol. The van der Waals surface area contributed by atoms with Crippen LogP contribution < -0.4 is 5.32 Å². The van der Waals surface area contributed by atoms with Gasteiger partial charge in [-0.3, -0.25) is 9.59 Å². The van der Waals surface area contributed by atoms with Crippen LogP contribution in [0.3, 0.4) is 0 Å². The van der Waals surface area contributed by atoms with Crippen LogP contribution in [-0.4, -0.2) is 36.1 Å². The van der Waals surface area contributed by atoms with Gasteiger partial charge in [0.2, 0.25) is 0 Å². The van der Waals surface area contributed by atoms with Crippen molar-refractivity contribution in [3.8, 4) is 0 Å². The summed E-state index contributed by atoms with van der Waals surface area (Å²) in [7, 11) is 0. The van der Waals surface area contributed by atoms with Gasteiger partial charge in [0.05, 0.1) is 0 Å². The van der Waals surface area contributed by atoms with Gasteiger partial charge >= 0.3 is 0 Å². The van der Waals surface area contributed by atoms with Gasteiger partial charge in [0.1, 0.15) is 6.21 Å². The summed E-state index contributed by atoms with van der Waals surface area (Å²) in [4.78, 5) is 30.9. The van der Waals surface area contributed by atoms with Crippen LogP contribution in [0.1, 0.15) is 22.3 Å². The van der Waals surface area contributed by atoms with Crippen molar-refractivity contribution < 1.29 is 14.4 Å². The second kappa shape index (κ2) is 8.49. The molecule has 0 atom stereocenters. The zero-order valence-electron chi connectivity index (χ0n) is 15.6. The fourth-order valence-corrected chi connectivity index (χ4v) is 3.10. The SMILES string of the molecule is Cc1ccc(NC(=O)/C=N\OCC(=O)N2CCc3ccccc3C2)c(C)c1. The van der Waals surface area contributed by atoms with Crippen molar-refractivity contribution >= 4 is 23.7 Å². The van der Waals surface area contributed by atoms with E-state index in [0.29, 0.717) is 13.1 Å². The van der Waals surface area contributed by atoms with E-state index in [4.69, 9.17) is 4.84 Å². The van der Waals surface area contributed by atoms with Crippen molar-refractivity contribution in [2.24, 2.45) is 5.16 Å². The molecule has 0 unspecified atom stereocenters. The van der Waals surface area contributed by atoms with Crippen molar-refractivity contribution in [1.82, 2.24) is 4.90 Å². The molecule has 1 aliphatic rings. The van der Waals surface area contributed by atoms with E-state index in [9.17, 15) is 9.59 Å². The molecule has 0 saturated heterocycles. The molecule has 0 aromatic heterocycles. The van der Waals surface area contributed by atoms with Crippen LogP contribution >= 0.6 is 0 Å². The van der Waals surface area contributed by atoms with Gasteiger partial charge in [0.15, 0.2) is 6.61 Å². The third-order valence-corrected chi connectivity index (χ3v) is 4.56. The maximum absolute atomic E-state index is 12.2. The maximum Gasteiger partial charge on any atom is 0.270 e.